The number of nitrogens with one attached hydrogen (secondary N) is 1. The summed E-state index contributed by atoms with van der Waals surface area (Å²) in [6.45, 7) is 6.19. The predicted molar refractivity (Wildman–Crippen MR) is 70.6 cm³/mol. The van der Waals surface area contributed by atoms with Gasteiger partial charge in [-0.3, -0.25) is 4.90 Å². The van der Waals surface area contributed by atoms with E-state index in [2.05, 4.69) is 10.2 Å². The Labute approximate surface area is 112 Å². The molecule has 1 saturated heterocycles. The third kappa shape index (κ3) is 2.41. The quantitative estimate of drug-likeness (QED) is 0.882. The number of halogens is 1. The molecule has 2 aliphatic rings. The van der Waals surface area contributed by atoms with Gasteiger partial charge in [-0.2, -0.15) is 0 Å². The highest BCUT2D eigenvalue weighted by Crippen LogP contribution is 2.38. The monoisotopic (exact) mass is 268 g/mol. The molecule has 1 aromatic carbocycles. The van der Waals surface area contributed by atoms with Crippen LogP contribution < -0.4 is 14.8 Å². The molecular formula is C13H17ClN2O2. The summed E-state index contributed by atoms with van der Waals surface area (Å²) in [7, 11) is 0. The van der Waals surface area contributed by atoms with Gasteiger partial charge in [0.1, 0.15) is 13.2 Å². The van der Waals surface area contributed by atoms with Crippen molar-refractivity contribution in [3.8, 4) is 11.5 Å². The minimum atomic E-state index is 0.599. The van der Waals surface area contributed by atoms with Gasteiger partial charge in [0.2, 0.25) is 0 Å². The van der Waals surface area contributed by atoms with Crippen LogP contribution in [0.4, 0.5) is 0 Å². The topological polar surface area (TPSA) is 33.7 Å². The van der Waals surface area contributed by atoms with Crippen molar-refractivity contribution in [3.05, 3.63) is 22.7 Å². The van der Waals surface area contributed by atoms with Crippen LogP contribution in [0.25, 0.3) is 0 Å². The molecule has 0 saturated carbocycles. The van der Waals surface area contributed by atoms with Crippen molar-refractivity contribution >= 4 is 11.6 Å². The van der Waals surface area contributed by atoms with Gasteiger partial charge < -0.3 is 14.8 Å². The summed E-state index contributed by atoms with van der Waals surface area (Å²) < 4.78 is 11.3. The smallest absolute Gasteiger partial charge is 0.167 e. The number of hydrogen-bond acceptors (Lipinski definition) is 4. The molecule has 4 nitrogen and oxygen atoms in total. The van der Waals surface area contributed by atoms with E-state index in [9.17, 15) is 0 Å². The molecule has 0 aromatic heterocycles. The van der Waals surface area contributed by atoms with E-state index in [1.54, 1.807) is 0 Å². The Morgan fingerprint density at radius 3 is 2.78 bits per heavy atom. The van der Waals surface area contributed by atoms with Crippen LogP contribution >= 0.6 is 11.6 Å². The number of ether oxygens (including phenoxy) is 2. The number of nitrogens with zero attached hydrogens (tertiary/aromatic N) is 1. The van der Waals surface area contributed by atoms with Crippen molar-refractivity contribution in [1.29, 1.82) is 0 Å². The first kappa shape index (κ1) is 12.1. The molecule has 1 aromatic rings. The average Bonchev–Trinajstić information content (AvgIpc) is 2.43. The van der Waals surface area contributed by atoms with E-state index in [-0.39, 0.29) is 0 Å². The summed E-state index contributed by atoms with van der Waals surface area (Å²) in [5.74, 6) is 1.64. The molecule has 0 spiro atoms. The first-order chi connectivity index (χ1) is 8.84. The molecule has 1 N–H and O–H groups in total. The first-order valence-corrected chi connectivity index (χ1v) is 6.72. The van der Waals surface area contributed by atoms with Crippen LogP contribution in [0.3, 0.4) is 0 Å². The fourth-order valence-corrected chi connectivity index (χ4v) is 2.60. The van der Waals surface area contributed by atoms with E-state index >= 15 is 0 Å². The van der Waals surface area contributed by atoms with Crippen molar-refractivity contribution in [3.63, 3.8) is 0 Å². The molecule has 2 aliphatic heterocycles. The maximum absolute atomic E-state index is 6.30. The Morgan fingerprint density at radius 2 is 1.94 bits per heavy atom. The molecule has 3 rings (SSSR count). The summed E-state index contributed by atoms with van der Waals surface area (Å²) >= 11 is 6.30. The number of piperazine rings is 1. The van der Waals surface area contributed by atoms with Gasteiger partial charge in [-0.15, -0.1) is 0 Å². The molecule has 0 atom stereocenters. The lowest BCUT2D eigenvalue weighted by molar-refractivity contribution is 0.165. The highest BCUT2D eigenvalue weighted by Gasteiger charge is 2.21. The van der Waals surface area contributed by atoms with Crippen molar-refractivity contribution in [2.45, 2.75) is 6.54 Å². The summed E-state index contributed by atoms with van der Waals surface area (Å²) in [6, 6.07) is 3.78. The van der Waals surface area contributed by atoms with Gasteiger partial charge in [-0.25, -0.2) is 0 Å². The van der Waals surface area contributed by atoms with E-state index in [1.165, 1.54) is 0 Å². The van der Waals surface area contributed by atoms with E-state index in [4.69, 9.17) is 21.1 Å². The van der Waals surface area contributed by atoms with Gasteiger partial charge in [-0.1, -0.05) is 11.6 Å². The Kier molecular flexibility index (Phi) is 3.59. The largest absolute Gasteiger partial charge is 0.486 e. The summed E-state index contributed by atoms with van der Waals surface area (Å²) in [4.78, 5) is 2.38. The molecule has 0 aliphatic carbocycles. The van der Waals surface area contributed by atoms with Crippen molar-refractivity contribution < 1.29 is 9.47 Å². The first-order valence-electron chi connectivity index (χ1n) is 6.34. The Morgan fingerprint density at radius 1 is 1.17 bits per heavy atom. The van der Waals surface area contributed by atoms with E-state index in [1.807, 2.05) is 12.1 Å². The zero-order chi connectivity index (χ0) is 12.4. The molecule has 0 amide bonds. The number of fused-ring (bicyclic) bond motifs is 1. The van der Waals surface area contributed by atoms with Crippen molar-refractivity contribution in [1.82, 2.24) is 10.2 Å². The zero-order valence-corrected chi connectivity index (χ0v) is 11.0. The minimum absolute atomic E-state index is 0.599. The summed E-state index contributed by atoms with van der Waals surface area (Å²) in [5.41, 5.74) is 1.05. The third-order valence-electron chi connectivity index (χ3n) is 3.35. The van der Waals surface area contributed by atoms with Gasteiger partial charge in [0, 0.05) is 43.3 Å². The minimum Gasteiger partial charge on any atom is -0.486 e. The Bertz CT molecular complexity index is 433. The second-order valence-corrected chi connectivity index (χ2v) is 4.98. The predicted octanol–water partition coefficient (Wildman–Crippen LogP) is 1.52. The SMILES string of the molecule is Clc1ccc2c(c1CN1CCNCC1)OCCO2. The lowest BCUT2D eigenvalue weighted by atomic mass is 10.1. The van der Waals surface area contributed by atoms with Crippen LogP contribution in [0.15, 0.2) is 12.1 Å². The van der Waals surface area contributed by atoms with Crippen LogP contribution in [-0.4, -0.2) is 44.3 Å². The van der Waals surface area contributed by atoms with Crippen LogP contribution in [-0.2, 0) is 6.54 Å². The fraction of sp³-hybridized carbons (Fsp3) is 0.538. The fourth-order valence-electron chi connectivity index (χ4n) is 2.39. The van der Waals surface area contributed by atoms with Gasteiger partial charge in [-0.05, 0) is 12.1 Å². The molecule has 0 bridgehead atoms. The normalized spacial score (nSPS) is 19.8. The van der Waals surface area contributed by atoms with Crippen LogP contribution in [0.5, 0.6) is 11.5 Å². The van der Waals surface area contributed by atoms with Gasteiger partial charge in [0.05, 0.1) is 0 Å². The molecule has 1 fully saturated rings. The van der Waals surface area contributed by atoms with Gasteiger partial charge in [0.15, 0.2) is 11.5 Å². The van der Waals surface area contributed by atoms with Gasteiger partial charge in [0.25, 0.3) is 0 Å². The van der Waals surface area contributed by atoms with E-state index < -0.39 is 0 Å². The zero-order valence-electron chi connectivity index (χ0n) is 10.2. The second kappa shape index (κ2) is 5.34. The molecule has 98 valence electrons. The average molecular weight is 269 g/mol. The molecule has 18 heavy (non-hydrogen) atoms. The van der Waals surface area contributed by atoms with Gasteiger partial charge >= 0.3 is 0 Å². The highest BCUT2D eigenvalue weighted by atomic mass is 35.5. The summed E-state index contributed by atoms with van der Waals surface area (Å²) in [5, 5.41) is 4.11. The third-order valence-corrected chi connectivity index (χ3v) is 3.70. The molecule has 2 heterocycles. The lowest BCUT2D eigenvalue weighted by Gasteiger charge is -2.29. The Balaban J connectivity index is 1.85. The van der Waals surface area contributed by atoms with E-state index in [0.29, 0.717) is 13.2 Å². The lowest BCUT2D eigenvalue weighted by Crippen LogP contribution is -2.43. The number of hydrogen-bond donors (Lipinski definition) is 1. The maximum Gasteiger partial charge on any atom is 0.167 e. The Hall–Kier alpha value is -0.970. The standard InChI is InChI=1S/C13H17ClN2O2/c14-11-1-2-12-13(18-8-7-17-12)10(11)9-16-5-3-15-4-6-16/h1-2,15H,3-9H2. The van der Waals surface area contributed by atoms with Crippen LogP contribution in [0.2, 0.25) is 5.02 Å². The van der Waals surface area contributed by atoms with Crippen LogP contribution in [0, 0.1) is 0 Å². The van der Waals surface area contributed by atoms with Crippen molar-refractivity contribution in [2.24, 2.45) is 0 Å². The second-order valence-electron chi connectivity index (χ2n) is 4.58. The number of rotatable bonds is 2. The molecule has 0 radical (unpaired) electrons. The van der Waals surface area contributed by atoms with Crippen LogP contribution in [0.1, 0.15) is 5.56 Å². The summed E-state index contributed by atoms with van der Waals surface area (Å²) in [6.07, 6.45) is 0. The molecule has 5 heteroatoms. The van der Waals surface area contributed by atoms with Crippen molar-refractivity contribution in [2.75, 3.05) is 39.4 Å². The molecule has 0 unspecified atom stereocenters. The molecular weight excluding hydrogens is 252 g/mol. The van der Waals surface area contributed by atoms with E-state index in [0.717, 1.165) is 54.8 Å². The maximum atomic E-state index is 6.30. The highest BCUT2D eigenvalue weighted by molar-refractivity contribution is 6.31. The number of benzene rings is 1.